The molecule has 0 aliphatic carbocycles. The number of ether oxygens (including phenoxy) is 1. The minimum atomic E-state index is -1.14. The van der Waals surface area contributed by atoms with E-state index in [1.807, 2.05) is 0 Å². The fourth-order valence-corrected chi connectivity index (χ4v) is 1.88. The summed E-state index contributed by atoms with van der Waals surface area (Å²) in [6.07, 6.45) is 0. The molecular weight excluding hydrogens is 260 g/mol. The van der Waals surface area contributed by atoms with Gasteiger partial charge in [-0.3, -0.25) is 14.4 Å². The van der Waals surface area contributed by atoms with Crippen molar-refractivity contribution in [1.29, 1.82) is 0 Å². The van der Waals surface area contributed by atoms with Crippen LogP contribution in [0.15, 0.2) is 11.4 Å². The molecule has 0 bridgehead atoms. The second-order valence-corrected chi connectivity index (χ2v) is 4.09. The second-order valence-electron chi connectivity index (χ2n) is 3.17. The zero-order chi connectivity index (χ0) is 13.5. The quantitative estimate of drug-likeness (QED) is 0.658. The third kappa shape index (κ3) is 4.06. The molecule has 0 radical (unpaired) electrons. The van der Waals surface area contributed by atoms with Crippen molar-refractivity contribution >= 4 is 29.1 Å². The molecule has 3 N–H and O–H groups in total. The first-order chi connectivity index (χ1) is 8.54. The lowest BCUT2D eigenvalue weighted by Gasteiger charge is -2.05. The largest absolute Gasteiger partial charge is 0.495 e. The summed E-state index contributed by atoms with van der Waals surface area (Å²) in [4.78, 5) is 33.4. The lowest BCUT2D eigenvalue weighted by Crippen LogP contribution is -2.38. The van der Waals surface area contributed by atoms with E-state index < -0.39 is 24.3 Å². The van der Waals surface area contributed by atoms with Gasteiger partial charge in [-0.2, -0.15) is 0 Å². The summed E-state index contributed by atoms with van der Waals surface area (Å²) in [6, 6.07) is 1.64. The molecule has 1 heterocycles. The van der Waals surface area contributed by atoms with Crippen LogP contribution in [-0.4, -0.2) is 43.1 Å². The van der Waals surface area contributed by atoms with Gasteiger partial charge in [-0.1, -0.05) is 0 Å². The number of carbonyl (C=O) groups is 3. The molecule has 2 amide bonds. The summed E-state index contributed by atoms with van der Waals surface area (Å²) >= 11 is 1.19. The number of carboxylic acids is 1. The number of rotatable bonds is 6. The van der Waals surface area contributed by atoms with Crippen LogP contribution >= 0.6 is 11.3 Å². The monoisotopic (exact) mass is 272 g/mol. The van der Waals surface area contributed by atoms with E-state index in [9.17, 15) is 14.4 Å². The smallest absolute Gasteiger partial charge is 0.322 e. The van der Waals surface area contributed by atoms with Crippen LogP contribution in [0.2, 0.25) is 0 Å². The molecule has 0 aliphatic heterocycles. The third-order valence-electron chi connectivity index (χ3n) is 1.90. The Kier molecular flexibility index (Phi) is 5.12. The molecule has 0 unspecified atom stereocenters. The molecule has 0 aromatic carbocycles. The molecule has 98 valence electrons. The fourth-order valence-electron chi connectivity index (χ4n) is 1.10. The summed E-state index contributed by atoms with van der Waals surface area (Å²) in [7, 11) is 1.44. The van der Waals surface area contributed by atoms with E-state index in [1.54, 1.807) is 11.4 Å². The normalized spacial score (nSPS) is 9.61. The number of aliphatic carboxylic acids is 1. The van der Waals surface area contributed by atoms with Crippen LogP contribution in [-0.2, 0) is 9.59 Å². The molecule has 7 nitrogen and oxygen atoms in total. The first-order valence-electron chi connectivity index (χ1n) is 4.92. The van der Waals surface area contributed by atoms with E-state index in [2.05, 4.69) is 10.6 Å². The van der Waals surface area contributed by atoms with Gasteiger partial charge in [0.05, 0.1) is 13.7 Å². The zero-order valence-corrected chi connectivity index (χ0v) is 10.4. The first-order valence-corrected chi connectivity index (χ1v) is 5.80. The number of carbonyl (C=O) groups excluding carboxylic acids is 2. The van der Waals surface area contributed by atoms with E-state index in [0.717, 1.165) is 0 Å². The maximum atomic E-state index is 11.7. The number of carboxylic acid groups (broad SMARTS) is 1. The van der Waals surface area contributed by atoms with Crippen molar-refractivity contribution in [2.45, 2.75) is 0 Å². The van der Waals surface area contributed by atoms with E-state index in [0.29, 0.717) is 10.6 Å². The van der Waals surface area contributed by atoms with Crippen LogP contribution in [0.3, 0.4) is 0 Å². The van der Waals surface area contributed by atoms with Gasteiger partial charge in [-0.05, 0) is 11.4 Å². The van der Waals surface area contributed by atoms with Gasteiger partial charge in [-0.25, -0.2) is 0 Å². The van der Waals surface area contributed by atoms with Crippen molar-refractivity contribution in [3.05, 3.63) is 16.3 Å². The van der Waals surface area contributed by atoms with E-state index in [1.165, 1.54) is 18.4 Å². The number of thiophene rings is 1. The predicted octanol–water partition coefficient (Wildman–Crippen LogP) is -0.313. The first kappa shape index (κ1) is 14.0. The van der Waals surface area contributed by atoms with Gasteiger partial charge < -0.3 is 20.5 Å². The molecule has 1 aromatic heterocycles. The Morgan fingerprint density at radius 2 is 2.06 bits per heavy atom. The van der Waals surface area contributed by atoms with Gasteiger partial charge >= 0.3 is 5.97 Å². The van der Waals surface area contributed by atoms with Crippen LogP contribution in [0.4, 0.5) is 0 Å². The zero-order valence-electron chi connectivity index (χ0n) is 9.56. The Bertz CT molecular complexity index is 457. The molecule has 0 atom stereocenters. The van der Waals surface area contributed by atoms with Crippen molar-refractivity contribution in [2.75, 3.05) is 20.2 Å². The van der Waals surface area contributed by atoms with Crippen LogP contribution in [0.1, 0.15) is 9.67 Å². The lowest BCUT2D eigenvalue weighted by molar-refractivity contribution is -0.137. The Balaban J connectivity index is 2.42. The van der Waals surface area contributed by atoms with Crippen LogP contribution in [0.5, 0.6) is 5.75 Å². The lowest BCUT2D eigenvalue weighted by atomic mass is 10.4. The summed E-state index contributed by atoms with van der Waals surface area (Å²) in [5, 5.41) is 14.5. The van der Waals surface area contributed by atoms with Gasteiger partial charge in [0, 0.05) is 0 Å². The van der Waals surface area contributed by atoms with Gasteiger partial charge in [0.25, 0.3) is 5.91 Å². The van der Waals surface area contributed by atoms with Crippen molar-refractivity contribution in [2.24, 2.45) is 0 Å². The third-order valence-corrected chi connectivity index (χ3v) is 2.80. The summed E-state index contributed by atoms with van der Waals surface area (Å²) in [6.45, 7) is -0.760. The van der Waals surface area contributed by atoms with Crippen molar-refractivity contribution in [3.63, 3.8) is 0 Å². The van der Waals surface area contributed by atoms with Gasteiger partial charge in [0.15, 0.2) is 0 Å². The number of amides is 2. The molecular formula is C10H12N2O5S. The molecule has 1 rings (SSSR count). The van der Waals surface area contributed by atoms with Gasteiger partial charge in [0.2, 0.25) is 5.91 Å². The van der Waals surface area contributed by atoms with Gasteiger partial charge in [0.1, 0.15) is 17.2 Å². The number of hydrogen-bond donors (Lipinski definition) is 3. The summed E-state index contributed by atoms with van der Waals surface area (Å²) in [5.74, 6) is -1.72. The Morgan fingerprint density at radius 1 is 1.33 bits per heavy atom. The molecule has 0 saturated carbocycles. The van der Waals surface area contributed by atoms with Crippen molar-refractivity contribution < 1.29 is 24.2 Å². The highest BCUT2D eigenvalue weighted by molar-refractivity contribution is 7.12. The molecule has 1 aromatic rings. The van der Waals surface area contributed by atoms with E-state index >= 15 is 0 Å². The average Bonchev–Trinajstić information content (AvgIpc) is 2.81. The molecule has 0 fully saturated rings. The van der Waals surface area contributed by atoms with Crippen LogP contribution in [0, 0.1) is 0 Å². The van der Waals surface area contributed by atoms with Crippen molar-refractivity contribution in [3.8, 4) is 5.75 Å². The predicted molar refractivity (Wildman–Crippen MR) is 63.8 cm³/mol. The number of nitrogens with one attached hydrogen (secondary N) is 2. The summed E-state index contributed by atoms with van der Waals surface area (Å²) in [5.41, 5.74) is 0. The summed E-state index contributed by atoms with van der Waals surface area (Å²) < 4.78 is 4.96. The fraction of sp³-hybridized carbons (Fsp3) is 0.300. The molecule has 0 spiro atoms. The minimum Gasteiger partial charge on any atom is -0.495 e. The molecule has 8 heteroatoms. The van der Waals surface area contributed by atoms with Crippen molar-refractivity contribution in [1.82, 2.24) is 10.6 Å². The average molecular weight is 272 g/mol. The molecule has 0 saturated heterocycles. The SMILES string of the molecule is COc1ccsc1C(=O)NCC(=O)NCC(=O)O. The van der Waals surface area contributed by atoms with E-state index in [4.69, 9.17) is 9.84 Å². The minimum absolute atomic E-state index is 0.285. The number of hydrogen-bond acceptors (Lipinski definition) is 5. The maximum absolute atomic E-state index is 11.7. The Labute approximate surface area is 107 Å². The second kappa shape index (κ2) is 6.60. The van der Waals surface area contributed by atoms with Crippen LogP contribution in [0.25, 0.3) is 0 Å². The Morgan fingerprint density at radius 3 is 2.67 bits per heavy atom. The standard InChI is InChI=1S/C10H12N2O5S/c1-17-6-2-3-18-9(6)10(16)12-4-7(13)11-5-8(14)15/h2-3H,4-5H2,1H3,(H,11,13)(H,12,16)(H,14,15). The topological polar surface area (TPSA) is 105 Å². The molecule has 18 heavy (non-hydrogen) atoms. The highest BCUT2D eigenvalue weighted by atomic mass is 32.1. The maximum Gasteiger partial charge on any atom is 0.322 e. The molecule has 0 aliphatic rings. The van der Waals surface area contributed by atoms with Crippen LogP contribution < -0.4 is 15.4 Å². The van der Waals surface area contributed by atoms with Gasteiger partial charge in [-0.15, -0.1) is 11.3 Å². The highest BCUT2D eigenvalue weighted by Gasteiger charge is 2.14. The highest BCUT2D eigenvalue weighted by Crippen LogP contribution is 2.23. The Hall–Kier alpha value is -2.09. The number of methoxy groups -OCH3 is 1. The van der Waals surface area contributed by atoms with E-state index in [-0.39, 0.29) is 6.54 Å².